The number of nitrogens with zero attached hydrogens (tertiary/aromatic N) is 4. The molecule has 0 spiro atoms. The van der Waals surface area contributed by atoms with Gasteiger partial charge in [0.05, 0.1) is 24.0 Å². The van der Waals surface area contributed by atoms with Gasteiger partial charge >= 0.3 is 0 Å². The summed E-state index contributed by atoms with van der Waals surface area (Å²) in [6, 6.07) is 11.3. The number of aliphatic hydroxyl groups is 1. The Morgan fingerprint density at radius 3 is 2.59 bits per heavy atom. The van der Waals surface area contributed by atoms with E-state index >= 15 is 0 Å². The zero-order chi connectivity index (χ0) is 20.8. The van der Waals surface area contributed by atoms with Crippen molar-refractivity contribution in [1.29, 1.82) is 5.26 Å². The van der Waals surface area contributed by atoms with Gasteiger partial charge in [0.1, 0.15) is 23.3 Å². The molecule has 1 aromatic carbocycles. The SMILES string of the molecule is CC(C)[C@@H](CO)Nc1nc(Nc2cccc(F)c2C#N)cc(-c2ccncc2)n1. The van der Waals surface area contributed by atoms with Gasteiger partial charge in [0.2, 0.25) is 5.95 Å². The van der Waals surface area contributed by atoms with E-state index in [0.717, 1.165) is 5.56 Å². The molecule has 1 atom stereocenters. The Balaban J connectivity index is 2.03. The van der Waals surface area contributed by atoms with E-state index in [4.69, 9.17) is 0 Å². The number of pyridine rings is 1. The Bertz CT molecular complexity index is 1020. The van der Waals surface area contributed by atoms with E-state index in [1.54, 1.807) is 24.5 Å². The van der Waals surface area contributed by atoms with Gasteiger partial charge < -0.3 is 15.7 Å². The van der Waals surface area contributed by atoms with Crippen molar-refractivity contribution in [1.82, 2.24) is 15.0 Å². The lowest BCUT2D eigenvalue weighted by Gasteiger charge is -2.21. The molecule has 3 rings (SSSR count). The molecule has 0 amide bonds. The minimum atomic E-state index is -0.612. The minimum Gasteiger partial charge on any atom is -0.394 e. The fourth-order valence-electron chi connectivity index (χ4n) is 2.72. The van der Waals surface area contributed by atoms with Crippen molar-refractivity contribution in [2.24, 2.45) is 5.92 Å². The topological polar surface area (TPSA) is 107 Å². The molecule has 3 aromatic rings. The summed E-state index contributed by atoms with van der Waals surface area (Å²) in [6.45, 7) is 3.88. The van der Waals surface area contributed by atoms with E-state index in [9.17, 15) is 14.8 Å². The average molecular weight is 392 g/mol. The molecule has 0 aliphatic carbocycles. The van der Waals surface area contributed by atoms with Gasteiger partial charge in [-0.2, -0.15) is 10.2 Å². The molecule has 0 aliphatic rings. The van der Waals surface area contributed by atoms with Gasteiger partial charge in [-0.05, 0) is 30.2 Å². The maximum absolute atomic E-state index is 13.9. The van der Waals surface area contributed by atoms with Gasteiger partial charge in [0.25, 0.3) is 0 Å². The summed E-state index contributed by atoms with van der Waals surface area (Å²) < 4.78 is 13.9. The molecule has 0 aliphatic heterocycles. The van der Waals surface area contributed by atoms with Gasteiger partial charge in [0, 0.05) is 24.0 Å². The number of hydrogen-bond donors (Lipinski definition) is 3. The van der Waals surface area contributed by atoms with Gasteiger partial charge in [-0.15, -0.1) is 0 Å². The predicted molar refractivity (Wildman–Crippen MR) is 109 cm³/mol. The van der Waals surface area contributed by atoms with Crippen LogP contribution in [0.1, 0.15) is 19.4 Å². The van der Waals surface area contributed by atoms with Crippen molar-refractivity contribution < 1.29 is 9.50 Å². The molecule has 0 fully saturated rings. The van der Waals surface area contributed by atoms with E-state index in [1.165, 1.54) is 12.1 Å². The first-order chi connectivity index (χ1) is 14.0. The van der Waals surface area contributed by atoms with Crippen molar-refractivity contribution >= 4 is 17.5 Å². The largest absolute Gasteiger partial charge is 0.394 e. The highest BCUT2D eigenvalue weighted by molar-refractivity contribution is 5.70. The Morgan fingerprint density at radius 1 is 1.17 bits per heavy atom. The third-order valence-electron chi connectivity index (χ3n) is 4.41. The number of halogens is 1. The maximum Gasteiger partial charge on any atom is 0.225 e. The minimum absolute atomic E-state index is 0.0776. The van der Waals surface area contributed by atoms with Gasteiger partial charge in [-0.3, -0.25) is 4.98 Å². The van der Waals surface area contributed by atoms with Crippen LogP contribution in [-0.4, -0.2) is 32.7 Å². The molecule has 0 bridgehead atoms. The number of benzene rings is 1. The fourth-order valence-corrected chi connectivity index (χ4v) is 2.72. The Labute approximate surface area is 168 Å². The molecule has 0 saturated heterocycles. The lowest BCUT2D eigenvalue weighted by Crippen LogP contribution is -2.30. The maximum atomic E-state index is 13.9. The Morgan fingerprint density at radius 2 is 1.93 bits per heavy atom. The molecule has 148 valence electrons. The highest BCUT2D eigenvalue weighted by atomic mass is 19.1. The number of hydrogen-bond acceptors (Lipinski definition) is 7. The second-order valence-corrected chi connectivity index (χ2v) is 6.77. The van der Waals surface area contributed by atoms with Crippen molar-refractivity contribution in [2.45, 2.75) is 19.9 Å². The number of anilines is 3. The molecule has 7 nitrogen and oxygen atoms in total. The Kier molecular flexibility index (Phi) is 6.32. The second-order valence-electron chi connectivity index (χ2n) is 6.77. The molecular weight excluding hydrogens is 371 g/mol. The summed E-state index contributed by atoms with van der Waals surface area (Å²) in [5.74, 6) is 0.235. The van der Waals surface area contributed by atoms with E-state index < -0.39 is 5.82 Å². The van der Waals surface area contributed by atoms with Crippen LogP contribution in [0.3, 0.4) is 0 Å². The number of nitrogens with one attached hydrogen (secondary N) is 2. The second kappa shape index (κ2) is 9.08. The van der Waals surface area contributed by atoms with Crippen LogP contribution in [-0.2, 0) is 0 Å². The molecular formula is C21H21FN6O. The van der Waals surface area contributed by atoms with Crippen molar-refractivity contribution in [3.05, 3.63) is 60.2 Å². The van der Waals surface area contributed by atoms with Crippen LogP contribution in [0.5, 0.6) is 0 Å². The standard InChI is InChI=1S/C21H21FN6O/c1-13(2)19(12-29)27-21-26-18(14-6-8-24-9-7-14)10-20(28-21)25-17-5-3-4-16(22)15(17)11-23/h3-10,13,19,29H,12H2,1-2H3,(H2,25,26,27,28)/t19-/m1/s1. The number of aromatic nitrogens is 3. The highest BCUT2D eigenvalue weighted by Gasteiger charge is 2.16. The zero-order valence-corrected chi connectivity index (χ0v) is 16.1. The summed E-state index contributed by atoms with van der Waals surface area (Å²) in [7, 11) is 0. The van der Waals surface area contributed by atoms with E-state index in [1.807, 2.05) is 32.0 Å². The molecule has 0 unspecified atom stereocenters. The number of aliphatic hydroxyl groups excluding tert-OH is 1. The smallest absolute Gasteiger partial charge is 0.225 e. The quantitative estimate of drug-likeness (QED) is 0.562. The third kappa shape index (κ3) is 4.83. The van der Waals surface area contributed by atoms with Crippen molar-refractivity contribution in [3.63, 3.8) is 0 Å². The lowest BCUT2D eigenvalue weighted by atomic mass is 10.1. The molecule has 2 heterocycles. The normalized spacial score (nSPS) is 11.7. The number of nitriles is 1. The van der Waals surface area contributed by atoms with Crippen LogP contribution < -0.4 is 10.6 Å². The summed E-state index contributed by atoms with van der Waals surface area (Å²) in [4.78, 5) is 13.0. The fraction of sp³-hybridized carbons (Fsp3) is 0.238. The lowest BCUT2D eigenvalue weighted by molar-refractivity contribution is 0.248. The molecule has 3 N–H and O–H groups in total. The van der Waals surface area contributed by atoms with E-state index in [0.29, 0.717) is 23.1 Å². The summed E-state index contributed by atoms with van der Waals surface area (Å²) >= 11 is 0. The van der Waals surface area contributed by atoms with Crippen molar-refractivity contribution in [2.75, 3.05) is 17.2 Å². The van der Waals surface area contributed by atoms with Gasteiger partial charge in [0.15, 0.2) is 0 Å². The van der Waals surface area contributed by atoms with Gasteiger partial charge in [-0.1, -0.05) is 19.9 Å². The average Bonchev–Trinajstić information content (AvgIpc) is 2.72. The first-order valence-electron chi connectivity index (χ1n) is 9.14. The van der Waals surface area contributed by atoms with Crippen LogP contribution in [0.15, 0.2) is 48.8 Å². The molecule has 2 aromatic heterocycles. The summed E-state index contributed by atoms with van der Waals surface area (Å²) in [5, 5.41) is 25.0. The van der Waals surface area contributed by atoms with E-state index in [2.05, 4.69) is 25.6 Å². The molecule has 29 heavy (non-hydrogen) atoms. The molecule has 8 heteroatoms. The summed E-state index contributed by atoms with van der Waals surface area (Å²) in [5.41, 5.74) is 1.64. The van der Waals surface area contributed by atoms with Gasteiger partial charge in [-0.25, -0.2) is 9.37 Å². The predicted octanol–water partition coefficient (Wildman–Crippen LogP) is 3.72. The monoisotopic (exact) mass is 392 g/mol. The van der Waals surface area contributed by atoms with Crippen LogP contribution in [0, 0.1) is 23.1 Å². The number of rotatable bonds is 7. The van der Waals surface area contributed by atoms with Crippen molar-refractivity contribution in [3.8, 4) is 17.3 Å². The summed E-state index contributed by atoms with van der Waals surface area (Å²) in [6.07, 6.45) is 3.31. The third-order valence-corrected chi connectivity index (χ3v) is 4.41. The zero-order valence-electron chi connectivity index (χ0n) is 16.1. The van der Waals surface area contributed by atoms with Crippen LogP contribution in [0.4, 0.5) is 21.8 Å². The first-order valence-corrected chi connectivity index (χ1v) is 9.14. The highest BCUT2D eigenvalue weighted by Crippen LogP contribution is 2.26. The van der Waals surface area contributed by atoms with Crippen LogP contribution >= 0.6 is 0 Å². The Hall–Kier alpha value is -3.57. The molecule has 0 saturated carbocycles. The van der Waals surface area contributed by atoms with Crippen LogP contribution in [0.2, 0.25) is 0 Å². The van der Waals surface area contributed by atoms with Crippen LogP contribution in [0.25, 0.3) is 11.3 Å². The first kappa shape index (κ1) is 20.2. The van der Waals surface area contributed by atoms with E-state index in [-0.39, 0.29) is 24.1 Å². The molecule has 0 radical (unpaired) electrons.